The molecule has 1 nitrogen and oxygen atoms in total. The molecule has 1 aliphatic rings. The van der Waals surface area contributed by atoms with E-state index in [1.807, 2.05) is 0 Å². The van der Waals surface area contributed by atoms with Crippen LogP contribution in [0.4, 0.5) is 5.69 Å². The summed E-state index contributed by atoms with van der Waals surface area (Å²) in [5.41, 5.74) is 2.72. The van der Waals surface area contributed by atoms with Crippen LogP contribution in [0.1, 0.15) is 12.5 Å². The summed E-state index contributed by atoms with van der Waals surface area (Å²) in [5, 5.41) is 3.42. The van der Waals surface area contributed by atoms with Gasteiger partial charge in [-0.3, -0.25) is 0 Å². The number of halogens is 1. The van der Waals surface area contributed by atoms with Crippen LogP contribution >= 0.6 is 15.9 Å². The van der Waals surface area contributed by atoms with Crippen LogP contribution in [-0.4, -0.2) is 6.54 Å². The molecule has 0 amide bonds. The zero-order chi connectivity index (χ0) is 8.55. The van der Waals surface area contributed by atoms with Crippen LogP contribution < -0.4 is 5.32 Å². The molecule has 0 fully saturated rings. The van der Waals surface area contributed by atoms with Crippen molar-refractivity contribution in [1.29, 1.82) is 0 Å². The molecule has 0 bridgehead atoms. The molecule has 1 unspecified atom stereocenters. The van der Waals surface area contributed by atoms with Gasteiger partial charge in [-0.1, -0.05) is 28.9 Å². The summed E-state index contributed by atoms with van der Waals surface area (Å²) in [4.78, 5) is 0. The van der Waals surface area contributed by atoms with Gasteiger partial charge in [-0.05, 0) is 30.0 Å². The Balaban J connectivity index is 2.43. The molecular weight excluding hydrogens is 214 g/mol. The normalized spacial score (nSPS) is 21.3. The third-order valence-corrected chi connectivity index (χ3v) is 3.06. The lowest BCUT2D eigenvalue weighted by Gasteiger charge is -2.24. The van der Waals surface area contributed by atoms with E-state index in [0.717, 1.165) is 12.5 Å². The minimum Gasteiger partial charge on any atom is -0.385 e. The van der Waals surface area contributed by atoms with Gasteiger partial charge < -0.3 is 5.32 Å². The smallest absolute Gasteiger partial charge is 0.0384 e. The summed E-state index contributed by atoms with van der Waals surface area (Å²) in [7, 11) is 0. The van der Waals surface area contributed by atoms with Gasteiger partial charge in [0.1, 0.15) is 0 Å². The summed E-state index contributed by atoms with van der Waals surface area (Å²) in [5.74, 6) is 0.746. The van der Waals surface area contributed by atoms with Crippen molar-refractivity contribution in [3.63, 3.8) is 0 Å². The van der Waals surface area contributed by atoms with Gasteiger partial charge in [-0.2, -0.15) is 0 Å². The molecule has 1 atom stereocenters. The van der Waals surface area contributed by atoms with E-state index >= 15 is 0 Å². The summed E-state index contributed by atoms with van der Waals surface area (Å²) in [6.45, 7) is 3.37. The molecule has 0 radical (unpaired) electrons. The van der Waals surface area contributed by atoms with Crippen molar-refractivity contribution in [2.75, 3.05) is 11.9 Å². The predicted molar refractivity (Wildman–Crippen MR) is 55.5 cm³/mol. The molecule has 64 valence electrons. The maximum Gasteiger partial charge on any atom is 0.0384 e. The molecule has 2 rings (SSSR count). The lowest BCUT2D eigenvalue weighted by atomic mass is 9.96. The average Bonchev–Trinajstić information content (AvgIpc) is 2.07. The summed E-state index contributed by atoms with van der Waals surface area (Å²) in [6, 6.07) is 6.33. The number of benzene rings is 1. The number of nitrogens with one attached hydrogen (secondary N) is 1. The van der Waals surface area contributed by atoms with Gasteiger partial charge in [0, 0.05) is 16.7 Å². The zero-order valence-electron chi connectivity index (χ0n) is 7.10. The first-order valence-electron chi connectivity index (χ1n) is 4.28. The van der Waals surface area contributed by atoms with Crippen LogP contribution in [0.2, 0.25) is 0 Å². The Labute approximate surface area is 81.3 Å². The third kappa shape index (κ3) is 1.36. The summed E-state index contributed by atoms with van der Waals surface area (Å²) >= 11 is 3.57. The number of hydrogen-bond acceptors (Lipinski definition) is 1. The first-order chi connectivity index (χ1) is 5.77. The molecule has 0 aliphatic carbocycles. The fourth-order valence-corrected chi connectivity index (χ4v) is 2.16. The fraction of sp³-hybridized carbons (Fsp3) is 0.400. The van der Waals surface area contributed by atoms with Crippen molar-refractivity contribution < 1.29 is 0 Å². The van der Waals surface area contributed by atoms with E-state index in [2.05, 4.69) is 46.4 Å². The van der Waals surface area contributed by atoms with E-state index in [0.29, 0.717) is 0 Å². The van der Waals surface area contributed by atoms with E-state index in [-0.39, 0.29) is 0 Å². The van der Waals surface area contributed by atoms with Crippen molar-refractivity contribution >= 4 is 21.6 Å². The number of anilines is 1. The second-order valence-electron chi connectivity index (χ2n) is 3.46. The molecule has 12 heavy (non-hydrogen) atoms. The molecular formula is C10H12BrN. The van der Waals surface area contributed by atoms with Crippen molar-refractivity contribution in [3.8, 4) is 0 Å². The Kier molecular flexibility index (Phi) is 2.09. The van der Waals surface area contributed by atoms with Crippen molar-refractivity contribution in [2.24, 2.45) is 5.92 Å². The largest absolute Gasteiger partial charge is 0.385 e. The fourth-order valence-electron chi connectivity index (χ4n) is 1.64. The topological polar surface area (TPSA) is 12.0 Å². The van der Waals surface area contributed by atoms with E-state index in [1.165, 1.54) is 22.1 Å². The Morgan fingerprint density at radius 3 is 3.17 bits per heavy atom. The standard InChI is InChI=1S/C10H12BrN/c1-7-5-8-9(11)3-2-4-10(8)12-6-7/h2-4,7,12H,5-6H2,1H3. The maximum atomic E-state index is 3.57. The first-order valence-corrected chi connectivity index (χ1v) is 5.08. The molecule has 0 saturated heterocycles. The molecule has 1 aromatic carbocycles. The molecule has 0 spiro atoms. The number of hydrogen-bond donors (Lipinski definition) is 1. The maximum absolute atomic E-state index is 3.57. The quantitative estimate of drug-likeness (QED) is 0.716. The molecule has 1 aromatic rings. The highest BCUT2D eigenvalue weighted by molar-refractivity contribution is 9.10. The van der Waals surface area contributed by atoms with Crippen molar-refractivity contribution in [1.82, 2.24) is 0 Å². The highest BCUT2D eigenvalue weighted by Crippen LogP contribution is 2.30. The van der Waals surface area contributed by atoms with Crippen LogP contribution in [0, 0.1) is 5.92 Å². The number of rotatable bonds is 0. The van der Waals surface area contributed by atoms with Gasteiger partial charge in [0.25, 0.3) is 0 Å². The van der Waals surface area contributed by atoms with E-state index in [4.69, 9.17) is 0 Å². The Morgan fingerprint density at radius 1 is 1.50 bits per heavy atom. The number of fused-ring (bicyclic) bond motifs is 1. The van der Waals surface area contributed by atoms with Crippen molar-refractivity contribution in [2.45, 2.75) is 13.3 Å². The SMILES string of the molecule is CC1CNc2cccc(Br)c2C1. The van der Waals surface area contributed by atoms with E-state index < -0.39 is 0 Å². The lowest BCUT2D eigenvalue weighted by molar-refractivity contribution is 0.593. The van der Waals surface area contributed by atoms with Crippen LogP contribution in [0.3, 0.4) is 0 Å². The van der Waals surface area contributed by atoms with Crippen LogP contribution in [0.15, 0.2) is 22.7 Å². The second kappa shape index (κ2) is 3.09. The summed E-state index contributed by atoms with van der Waals surface area (Å²) in [6.07, 6.45) is 1.18. The van der Waals surface area contributed by atoms with Gasteiger partial charge in [-0.15, -0.1) is 0 Å². The molecule has 2 heteroatoms. The van der Waals surface area contributed by atoms with Gasteiger partial charge in [0.05, 0.1) is 0 Å². The molecule has 1 aliphatic heterocycles. The second-order valence-corrected chi connectivity index (χ2v) is 4.31. The van der Waals surface area contributed by atoms with Crippen LogP contribution in [0.25, 0.3) is 0 Å². The minimum absolute atomic E-state index is 0.746. The Hall–Kier alpha value is -0.500. The van der Waals surface area contributed by atoms with Gasteiger partial charge in [0.15, 0.2) is 0 Å². The zero-order valence-corrected chi connectivity index (χ0v) is 8.69. The highest BCUT2D eigenvalue weighted by Gasteiger charge is 2.15. The molecule has 1 N–H and O–H groups in total. The monoisotopic (exact) mass is 225 g/mol. The predicted octanol–water partition coefficient (Wildman–Crippen LogP) is 3.05. The van der Waals surface area contributed by atoms with Gasteiger partial charge in [-0.25, -0.2) is 0 Å². The van der Waals surface area contributed by atoms with Crippen LogP contribution in [-0.2, 0) is 6.42 Å². The third-order valence-electron chi connectivity index (χ3n) is 2.31. The van der Waals surface area contributed by atoms with E-state index in [1.54, 1.807) is 0 Å². The lowest BCUT2D eigenvalue weighted by Crippen LogP contribution is -2.20. The van der Waals surface area contributed by atoms with Gasteiger partial charge in [0.2, 0.25) is 0 Å². The highest BCUT2D eigenvalue weighted by atomic mass is 79.9. The average molecular weight is 226 g/mol. The summed E-state index contributed by atoms with van der Waals surface area (Å²) < 4.78 is 1.24. The Bertz CT molecular complexity index is 296. The van der Waals surface area contributed by atoms with E-state index in [9.17, 15) is 0 Å². The Morgan fingerprint density at radius 2 is 2.33 bits per heavy atom. The molecule has 0 aromatic heterocycles. The molecule has 1 heterocycles. The van der Waals surface area contributed by atoms with Crippen molar-refractivity contribution in [3.05, 3.63) is 28.2 Å². The minimum atomic E-state index is 0.746. The van der Waals surface area contributed by atoms with Crippen LogP contribution in [0.5, 0.6) is 0 Å². The van der Waals surface area contributed by atoms with Gasteiger partial charge >= 0.3 is 0 Å². The first kappa shape index (κ1) is 8.11. The molecule has 0 saturated carbocycles.